The Morgan fingerprint density at radius 1 is 1.10 bits per heavy atom. The first-order valence-corrected chi connectivity index (χ1v) is 6.81. The van der Waals surface area contributed by atoms with Gasteiger partial charge >= 0.3 is 0 Å². The second kappa shape index (κ2) is 6.45. The van der Waals surface area contributed by atoms with Crippen LogP contribution in [-0.4, -0.2) is 10.9 Å². The Morgan fingerprint density at radius 2 is 1.76 bits per heavy atom. The molecule has 3 nitrogen and oxygen atoms in total. The van der Waals surface area contributed by atoms with Crippen LogP contribution in [0.1, 0.15) is 22.8 Å². The van der Waals surface area contributed by atoms with Gasteiger partial charge in [-0.05, 0) is 55.9 Å². The highest BCUT2D eigenvalue weighted by Crippen LogP contribution is 2.15. The zero-order valence-electron chi connectivity index (χ0n) is 11.7. The van der Waals surface area contributed by atoms with Crippen molar-refractivity contribution in [2.75, 3.05) is 10.6 Å². The molecule has 0 unspecified atom stereocenters. The van der Waals surface area contributed by atoms with Crippen molar-refractivity contribution >= 4 is 34.5 Å². The minimum Gasteiger partial charge on any atom is -0.332 e. The summed E-state index contributed by atoms with van der Waals surface area (Å²) in [6, 6.07) is 11.8. The van der Waals surface area contributed by atoms with E-state index in [2.05, 4.69) is 10.6 Å². The lowest BCUT2D eigenvalue weighted by atomic mass is 10.1. The molecule has 0 saturated carbocycles. The monoisotopic (exact) mass is 302 g/mol. The van der Waals surface area contributed by atoms with E-state index in [0.717, 1.165) is 0 Å². The fraction of sp³-hybridized carbons (Fsp3) is 0.125. The fourth-order valence-corrected chi connectivity index (χ4v) is 2.02. The first-order chi connectivity index (χ1) is 9.95. The average molecular weight is 302 g/mol. The molecule has 0 aromatic heterocycles. The third kappa shape index (κ3) is 4.10. The number of nitrogens with one attached hydrogen (secondary N) is 2. The van der Waals surface area contributed by atoms with E-state index >= 15 is 0 Å². The zero-order chi connectivity index (χ0) is 15.4. The molecule has 0 atom stereocenters. The molecule has 0 bridgehead atoms. The van der Waals surface area contributed by atoms with Gasteiger partial charge in [0.25, 0.3) is 0 Å². The Labute approximate surface area is 128 Å². The Kier molecular flexibility index (Phi) is 4.65. The maximum absolute atomic E-state index is 13.5. The number of aryl methyl sites for hydroxylation is 1. The molecule has 0 radical (unpaired) electrons. The third-order valence-electron chi connectivity index (χ3n) is 2.96. The summed E-state index contributed by atoms with van der Waals surface area (Å²) in [5.41, 5.74) is 2.45. The lowest BCUT2D eigenvalue weighted by Gasteiger charge is -2.11. The minimum atomic E-state index is -0.290. The lowest BCUT2D eigenvalue weighted by molar-refractivity contribution is 0.101. The molecule has 0 amide bonds. The van der Waals surface area contributed by atoms with Crippen molar-refractivity contribution in [2.45, 2.75) is 13.8 Å². The number of thiocarbonyl (C=S) groups is 1. The van der Waals surface area contributed by atoms with Gasteiger partial charge in [0.2, 0.25) is 0 Å². The number of benzene rings is 2. The molecule has 0 fully saturated rings. The Bertz CT molecular complexity index is 700. The SMILES string of the molecule is CC(=O)c1cccc(NC(=S)Nc2ccc(C)c(F)c2)c1. The summed E-state index contributed by atoms with van der Waals surface area (Å²) in [6.45, 7) is 3.20. The minimum absolute atomic E-state index is 0.0156. The van der Waals surface area contributed by atoms with Crippen LogP contribution in [0.25, 0.3) is 0 Å². The van der Waals surface area contributed by atoms with Crippen LogP contribution in [0.2, 0.25) is 0 Å². The number of ketones is 1. The molecule has 0 aliphatic rings. The van der Waals surface area contributed by atoms with E-state index < -0.39 is 0 Å². The van der Waals surface area contributed by atoms with Gasteiger partial charge in [0.05, 0.1) is 0 Å². The largest absolute Gasteiger partial charge is 0.332 e. The van der Waals surface area contributed by atoms with Gasteiger partial charge in [0.15, 0.2) is 10.9 Å². The molecule has 2 rings (SSSR count). The molecule has 5 heteroatoms. The fourth-order valence-electron chi connectivity index (χ4n) is 1.78. The molecule has 2 aromatic carbocycles. The molecule has 0 aliphatic carbocycles. The van der Waals surface area contributed by atoms with E-state index in [1.807, 2.05) is 0 Å². The van der Waals surface area contributed by atoms with Crippen molar-refractivity contribution in [1.29, 1.82) is 0 Å². The normalized spacial score (nSPS) is 10.0. The van der Waals surface area contributed by atoms with Crippen molar-refractivity contribution in [3.8, 4) is 0 Å². The van der Waals surface area contributed by atoms with Gasteiger partial charge in [-0.15, -0.1) is 0 Å². The molecule has 0 aliphatic heterocycles. The first-order valence-electron chi connectivity index (χ1n) is 6.41. The number of carbonyl (C=O) groups excluding carboxylic acids is 1. The molecule has 2 aromatic rings. The van der Waals surface area contributed by atoms with E-state index in [4.69, 9.17) is 12.2 Å². The Morgan fingerprint density at radius 3 is 2.38 bits per heavy atom. The topological polar surface area (TPSA) is 41.1 Å². The molecule has 0 saturated heterocycles. The van der Waals surface area contributed by atoms with Crippen LogP contribution >= 0.6 is 12.2 Å². The number of hydrogen-bond donors (Lipinski definition) is 2. The van der Waals surface area contributed by atoms with Gasteiger partial charge in [0.1, 0.15) is 5.82 Å². The highest BCUT2D eigenvalue weighted by molar-refractivity contribution is 7.80. The number of halogens is 1. The van der Waals surface area contributed by atoms with Crippen molar-refractivity contribution in [1.82, 2.24) is 0 Å². The van der Waals surface area contributed by atoms with Crippen LogP contribution in [0.4, 0.5) is 15.8 Å². The van der Waals surface area contributed by atoms with Crippen LogP contribution in [0.5, 0.6) is 0 Å². The molecule has 0 heterocycles. The Hall–Kier alpha value is -2.27. The van der Waals surface area contributed by atoms with E-state index in [-0.39, 0.29) is 11.6 Å². The molecule has 108 valence electrons. The van der Waals surface area contributed by atoms with Crippen LogP contribution in [0.3, 0.4) is 0 Å². The van der Waals surface area contributed by atoms with E-state index in [9.17, 15) is 9.18 Å². The standard InChI is InChI=1S/C16H15FN2OS/c1-10-6-7-14(9-15(10)17)19-16(21)18-13-5-3-4-12(8-13)11(2)20/h3-9H,1-2H3,(H2,18,19,21). The van der Waals surface area contributed by atoms with E-state index in [0.29, 0.717) is 27.6 Å². The predicted molar refractivity (Wildman–Crippen MR) is 87.4 cm³/mol. The second-order valence-electron chi connectivity index (χ2n) is 4.68. The molecular formula is C16H15FN2OS. The maximum atomic E-state index is 13.5. The van der Waals surface area contributed by atoms with E-state index in [1.165, 1.54) is 13.0 Å². The quantitative estimate of drug-likeness (QED) is 0.660. The summed E-state index contributed by atoms with van der Waals surface area (Å²) in [5, 5.41) is 6.20. The van der Waals surface area contributed by atoms with Gasteiger partial charge in [-0.25, -0.2) is 4.39 Å². The first kappa shape index (κ1) is 15.1. The Balaban J connectivity index is 2.06. The highest BCUT2D eigenvalue weighted by Gasteiger charge is 2.04. The highest BCUT2D eigenvalue weighted by atomic mass is 32.1. The molecular weight excluding hydrogens is 287 g/mol. The van der Waals surface area contributed by atoms with Gasteiger partial charge in [-0.1, -0.05) is 18.2 Å². The van der Waals surface area contributed by atoms with Crippen molar-refractivity contribution in [3.05, 3.63) is 59.4 Å². The van der Waals surface area contributed by atoms with Gasteiger partial charge in [-0.2, -0.15) is 0 Å². The van der Waals surface area contributed by atoms with Crippen LogP contribution in [0, 0.1) is 12.7 Å². The second-order valence-corrected chi connectivity index (χ2v) is 5.09. The summed E-state index contributed by atoms with van der Waals surface area (Å²) < 4.78 is 13.5. The predicted octanol–water partition coefficient (Wildman–Crippen LogP) is 4.15. The summed E-state index contributed by atoms with van der Waals surface area (Å²) in [5.74, 6) is -0.306. The van der Waals surface area contributed by atoms with E-state index in [1.54, 1.807) is 43.3 Å². The molecule has 21 heavy (non-hydrogen) atoms. The number of anilines is 2. The smallest absolute Gasteiger partial charge is 0.175 e. The van der Waals surface area contributed by atoms with Gasteiger partial charge in [-0.3, -0.25) is 4.79 Å². The maximum Gasteiger partial charge on any atom is 0.175 e. The number of hydrogen-bond acceptors (Lipinski definition) is 2. The van der Waals surface area contributed by atoms with Crippen LogP contribution in [0.15, 0.2) is 42.5 Å². The third-order valence-corrected chi connectivity index (χ3v) is 3.16. The van der Waals surface area contributed by atoms with Crippen LogP contribution in [-0.2, 0) is 0 Å². The van der Waals surface area contributed by atoms with Crippen molar-refractivity contribution in [3.63, 3.8) is 0 Å². The number of carbonyl (C=O) groups is 1. The van der Waals surface area contributed by atoms with Crippen molar-refractivity contribution in [2.24, 2.45) is 0 Å². The number of Topliss-reactive ketones (excluding diaryl/α,β-unsaturated/α-hetero) is 1. The molecule has 2 N–H and O–H groups in total. The zero-order valence-corrected chi connectivity index (χ0v) is 12.6. The summed E-state index contributed by atoms with van der Waals surface area (Å²) in [4.78, 5) is 11.3. The lowest BCUT2D eigenvalue weighted by Crippen LogP contribution is -2.19. The van der Waals surface area contributed by atoms with Crippen molar-refractivity contribution < 1.29 is 9.18 Å². The summed E-state index contributed by atoms with van der Waals surface area (Å²) >= 11 is 5.17. The van der Waals surface area contributed by atoms with Gasteiger partial charge < -0.3 is 10.6 Å². The van der Waals surface area contributed by atoms with Crippen LogP contribution < -0.4 is 10.6 Å². The van der Waals surface area contributed by atoms with Gasteiger partial charge in [0, 0.05) is 16.9 Å². The summed E-state index contributed by atoms with van der Waals surface area (Å²) in [6.07, 6.45) is 0. The summed E-state index contributed by atoms with van der Waals surface area (Å²) in [7, 11) is 0. The number of rotatable bonds is 3. The molecule has 0 spiro atoms. The average Bonchev–Trinajstić information content (AvgIpc) is 2.43.